The summed E-state index contributed by atoms with van der Waals surface area (Å²) < 4.78 is 0. The van der Waals surface area contributed by atoms with Crippen LogP contribution in [0, 0.1) is 5.41 Å². The molecule has 3 heterocycles. The van der Waals surface area contributed by atoms with Gasteiger partial charge in [-0.2, -0.15) is 0 Å². The third kappa shape index (κ3) is 2.18. The van der Waals surface area contributed by atoms with E-state index in [4.69, 9.17) is 0 Å². The first kappa shape index (κ1) is 13.9. The molecule has 1 aromatic heterocycles. The van der Waals surface area contributed by atoms with Crippen LogP contribution in [0.25, 0.3) is 10.9 Å². The highest BCUT2D eigenvalue weighted by atomic mass is 16.2. The van der Waals surface area contributed by atoms with Gasteiger partial charge in [0.1, 0.15) is 5.82 Å². The predicted molar refractivity (Wildman–Crippen MR) is 83.5 cm³/mol. The van der Waals surface area contributed by atoms with Crippen LogP contribution in [0.4, 0.5) is 5.82 Å². The second-order valence-electron chi connectivity index (χ2n) is 6.18. The molecule has 4 rings (SSSR count). The van der Waals surface area contributed by atoms with Gasteiger partial charge in [0.25, 0.3) is 0 Å². The molecule has 1 spiro atoms. The molecule has 6 heteroatoms. The molecule has 0 aliphatic carbocycles. The number of benzene rings is 1. The molecule has 1 atom stereocenters. The molecular weight excluding hydrogens is 294 g/mol. The van der Waals surface area contributed by atoms with E-state index in [0.29, 0.717) is 12.2 Å². The van der Waals surface area contributed by atoms with E-state index in [-0.39, 0.29) is 37.1 Å². The third-order valence-electron chi connectivity index (χ3n) is 4.68. The van der Waals surface area contributed by atoms with Gasteiger partial charge in [-0.25, -0.2) is 4.98 Å². The molecule has 1 N–H and O–H groups in total. The first-order valence-electron chi connectivity index (χ1n) is 7.58. The molecule has 2 aliphatic rings. The van der Waals surface area contributed by atoms with Gasteiger partial charge in [0.2, 0.25) is 17.7 Å². The minimum absolute atomic E-state index is 0.126. The minimum Gasteiger partial charge on any atom is -0.296 e. The topological polar surface area (TPSA) is 79.4 Å². The number of aromatic nitrogens is 1. The molecular formula is C17H15N3O3. The van der Waals surface area contributed by atoms with Crippen LogP contribution in [-0.2, 0) is 14.4 Å². The van der Waals surface area contributed by atoms with Crippen molar-refractivity contribution in [3.05, 3.63) is 36.4 Å². The fourth-order valence-electron chi connectivity index (χ4n) is 3.35. The van der Waals surface area contributed by atoms with E-state index >= 15 is 0 Å². The molecule has 2 saturated heterocycles. The fraction of sp³-hybridized carbons (Fsp3) is 0.294. The SMILES string of the molecule is O=C1CCC2(CC(=O)N(c3ccc4ccccc4n3)C2)C(=O)N1. The van der Waals surface area contributed by atoms with Crippen LogP contribution in [0.15, 0.2) is 36.4 Å². The normalized spacial score (nSPS) is 24.5. The summed E-state index contributed by atoms with van der Waals surface area (Å²) in [5, 5.41) is 3.36. The summed E-state index contributed by atoms with van der Waals surface area (Å²) in [6, 6.07) is 11.4. The van der Waals surface area contributed by atoms with Crippen LogP contribution in [0.1, 0.15) is 19.3 Å². The second-order valence-corrected chi connectivity index (χ2v) is 6.18. The van der Waals surface area contributed by atoms with Crippen molar-refractivity contribution in [3.63, 3.8) is 0 Å². The van der Waals surface area contributed by atoms with Gasteiger partial charge in [-0.15, -0.1) is 0 Å². The summed E-state index contributed by atoms with van der Waals surface area (Å²) in [7, 11) is 0. The number of amides is 3. The molecule has 0 saturated carbocycles. The van der Waals surface area contributed by atoms with Crippen LogP contribution in [0.2, 0.25) is 0 Å². The van der Waals surface area contributed by atoms with Crippen LogP contribution in [0.3, 0.4) is 0 Å². The molecule has 2 aromatic rings. The predicted octanol–water partition coefficient (Wildman–Crippen LogP) is 1.39. The number of imide groups is 1. The average Bonchev–Trinajstić information content (AvgIpc) is 2.89. The molecule has 2 fully saturated rings. The van der Waals surface area contributed by atoms with Crippen molar-refractivity contribution in [3.8, 4) is 0 Å². The maximum atomic E-state index is 12.4. The summed E-state index contributed by atoms with van der Waals surface area (Å²) in [5.74, 6) is -0.187. The number of carbonyl (C=O) groups is 3. The lowest BCUT2D eigenvalue weighted by molar-refractivity contribution is -0.142. The monoisotopic (exact) mass is 309 g/mol. The molecule has 116 valence electrons. The van der Waals surface area contributed by atoms with E-state index in [0.717, 1.165) is 10.9 Å². The Morgan fingerprint density at radius 3 is 2.74 bits per heavy atom. The van der Waals surface area contributed by atoms with Crippen molar-refractivity contribution >= 4 is 34.4 Å². The first-order valence-corrected chi connectivity index (χ1v) is 7.58. The number of fused-ring (bicyclic) bond motifs is 1. The van der Waals surface area contributed by atoms with Gasteiger partial charge in [-0.05, 0) is 24.6 Å². The Hall–Kier alpha value is -2.76. The van der Waals surface area contributed by atoms with E-state index in [1.807, 2.05) is 30.3 Å². The van der Waals surface area contributed by atoms with Crippen LogP contribution >= 0.6 is 0 Å². The third-order valence-corrected chi connectivity index (χ3v) is 4.68. The van der Waals surface area contributed by atoms with Crippen molar-refractivity contribution in [2.75, 3.05) is 11.4 Å². The van der Waals surface area contributed by atoms with E-state index in [1.54, 1.807) is 11.0 Å². The van der Waals surface area contributed by atoms with Crippen LogP contribution in [0.5, 0.6) is 0 Å². The van der Waals surface area contributed by atoms with Gasteiger partial charge in [-0.1, -0.05) is 18.2 Å². The zero-order chi connectivity index (χ0) is 16.0. The maximum Gasteiger partial charge on any atom is 0.235 e. The molecule has 1 unspecified atom stereocenters. The number of piperidine rings is 1. The van der Waals surface area contributed by atoms with Crippen molar-refractivity contribution < 1.29 is 14.4 Å². The van der Waals surface area contributed by atoms with Gasteiger partial charge >= 0.3 is 0 Å². The number of anilines is 1. The number of para-hydroxylation sites is 1. The van der Waals surface area contributed by atoms with Crippen molar-refractivity contribution in [2.24, 2.45) is 5.41 Å². The number of carbonyl (C=O) groups excluding carboxylic acids is 3. The summed E-state index contributed by atoms with van der Waals surface area (Å²) in [5.41, 5.74) is 0.000205. The van der Waals surface area contributed by atoms with Crippen molar-refractivity contribution in [1.82, 2.24) is 10.3 Å². The number of hydrogen-bond acceptors (Lipinski definition) is 4. The van der Waals surface area contributed by atoms with E-state index in [2.05, 4.69) is 10.3 Å². The number of nitrogens with one attached hydrogen (secondary N) is 1. The highest BCUT2D eigenvalue weighted by molar-refractivity contribution is 6.07. The first-order chi connectivity index (χ1) is 11.1. The van der Waals surface area contributed by atoms with E-state index in [1.165, 1.54) is 0 Å². The highest BCUT2D eigenvalue weighted by Crippen LogP contribution is 2.40. The Labute approximate surface area is 132 Å². The summed E-state index contributed by atoms with van der Waals surface area (Å²) in [4.78, 5) is 42.1. The van der Waals surface area contributed by atoms with Crippen molar-refractivity contribution in [1.29, 1.82) is 0 Å². The van der Waals surface area contributed by atoms with Gasteiger partial charge in [0.15, 0.2) is 0 Å². The zero-order valence-corrected chi connectivity index (χ0v) is 12.4. The van der Waals surface area contributed by atoms with Crippen molar-refractivity contribution in [2.45, 2.75) is 19.3 Å². The van der Waals surface area contributed by atoms with E-state index in [9.17, 15) is 14.4 Å². The maximum absolute atomic E-state index is 12.4. The van der Waals surface area contributed by atoms with Gasteiger partial charge < -0.3 is 0 Å². The Morgan fingerprint density at radius 1 is 1.09 bits per heavy atom. The Kier molecular flexibility index (Phi) is 2.94. The molecule has 0 bridgehead atoms. The van der Waals surface area contributed by atoms with Gasteiger partial charge in [0, 0.05) is 24.8 Å². The van der Waals surface area contributed by atoms with Crippen LogP contribution < -0.4 is 10.2 Å². The molecule has 1 aromatic carbocycles. The van der Waals surface area contributed by atoms with E-state index < -0.39 is 5.41 Å². The number of hydrogen-bond donors (Lipinski definition) is 1. The summed E-state index contributed by atoms with van der Waals surface area (Å²) >= 11 is 0. The zero-order valence-electron chi connectivity index (χ0n) is 12.4. The Morgan fingerprint density at radius 2 is 1.91 bits per heavy atom. The summed E-state index contributed by atoms with van der Waals surface area (Å²) in [6.45, 7) is 0.274. The molecule has 23 heavy (non-hydrogen) atoms. The lowest BCUT2D eigenvalue weighted by Gasteiger charge is -2.30. The largest absolute Gasteiger partial charge is 0.296 e. The lowest BCUT2D eigenvalue weighted by Crippen LogP contribution is -2.50. The molecule has 2 aliphatic heterocycles. The Bertz CT molecular complexity index is 848. The molecule has 3 amide bonds. The number of pyridine rings is 1. The smallest absolute Gasteiger partial charge is 0.235 e. The highest BCUT2D eigenvalue weighted by Gasteiger charge is 2.51. The van der Waals surface area contributed by atoms with Crippen LogP contribution in [-0.4, -0.2) is 29.3 Å². The number of nitrogens with zero attached hydrogens (tertiary/aromatic N) is 2. The van der Waals surface area contributed by atoms with Gasteiger partial charge in [-0.3, -0.25) is 24.6 Å². The molecule has 0 radical (unpaired) electrons. The molecule has 6 nitrogen and oxygen atoms in total. The number of rotatable bonds is 1. The van der Waals surface area contributed by atoms with Gasteiger partial charge in [0.05, 0.1) is 10.9 Å². The average molecular weight is 309 g/mol. The second kappa shape index (κ2) is 4.87. The minimum atomic E-state index is -0.807. The standard InChI is InChI=1S/C17H15N3O3/c21-14-7-8-17(16(23)19-14)9-15(22)20(10-17)13-6-5-11-3-1-2-4-12(11)18-13/h1-6H,7-10H2,(H,19,21,23). The fourth-order valence-corrected chi connectivity index (χ4v) is 3.35. The Balaban J connectivity index is 1.68. The quantitative estimate of drug-likeness (QED) is 0.807. The summed E-state index contributed by atoms with van der Waals surface area (Å²) in [6.07, 6.45) is 0.812. The lowest BCUT2D eigenvalue weighted by atomic mass is 9.79.